The van der Waals surface area contributed by atoms with Crippen molar-refractivity contribution < 1.29 is 9.66 Å². The molecule has 0 radical (unpaired) electrons. The van der Waals surface area contributed by atoms with Crippen LogP contribution in [0.25, 0.3) is 0 Å². The number of anilines is 2. The Labute approximate surface area is 112 Å². The molecule has 0 fully saturated rings. The normalized spacial score (nSPS) is 10.3. The molecule has 0 atom stereocenters. The lowest BCUT2D eigenvalue weighted by Gasteiger charge is -2.18. The quantitative estimate of drug-likeness (QED) is 0.573. The van der Waals surface area contributed by atoms with E-state index >= 15 is 0 Å². The SMILES string of the molecule is CCCNc1ccc([N+](=O)[O-])c(N(C)CCOC)n1. The first kappa shape index (κ1) is 15.2. The Kier molecular flexibility index (Phi) is 6.01. The van der Waals surface area contributed by atoms with E-state index in [0.717, 1.165) is 13.0 Å². The van der Waals surface area contributed by atoms with Crippen LogP contribution in [0.5, 0.6) is 0 Å². The maximum Gasteiger partial charge on any atom is 0.311 e. The Morgan fingerprint density at radius 3 is 2.84 bits per heavy atom. The van der Waals surface area contributed by atoms with E-state index in [9.17, 15) is 10.1 Å². The van der Waals surface area contributed by atoms with Crippen molar-refractivity contribution in [2.75, 3.05) is 44.1 Å². The Morgan fingerprint density at radius 1 is 1.53 bits per heavy atom. The zero-order valence-electron chi connectivity index (χ0n) is 11.5. The number of aromatic nitrogens is 1. The number of nitrogens with zero attached hydrogens (tertiary/aromatic N) is 3. The minimum Gasteiger partial charge on any atom is -0.383 e. The highest BCUT2D eigenvalue weighted by Gasteiger charge is 2.19. The molecule has 19 heavy (non-hydrogen) atoms. The lowest BCUT2D eigenvalue weighted by Crippen LogP contribution is -2.24. The first-order chi connectivity index (χ1) is 9.10. The van der Waals surface area contributed by atoms with E-state index in [4.69, 9.17) is 4.74 Å². The molecule has 0 aromatic carbocycles. The molecule has 1 N–H and O–H groups in total. The predicted octanol–water partition coefficient (Wildman–Crippen LogP) is 1.89. The van der Waals surface area contributed by atoms with Crippen molar-refractivity contribution in [3.63, 3.8) is 0 Å². The number of ether oxygens (including phenoxy) is 1. The zero-order chi connectivity index (χ0) is 14.3. The Morgan fingerprint density at radius 2 is 2.26 bits per heavy atom. The van der Waals surface area contributed by atoms with Crippen molar-refractivity contribution in [1.82, 2.24) is 4.98 Å². The molecule has 0 bridgehead atoms. The molecule has 0 amide bonds. The second-order valence-corrected chi connectivity index (χ2v) is 4.14. The minimum atomic E-state index is -0.421. The fourth-order valence-corrected chi connectivity index (χ4v) is 1.55. The Bertz CT molecular complexity index is 425. The number of nitrogens with one attached hydrogen (secondary N) is 1. The van der Waals surface area contributed by atoms with E-state index in [1.807, 2.05) is 6.92 Å². The number of hydrogen-bond acceptors (Lipinski definition) is 6. The van der Waals surface area contributed by atoms with Crippen LogP contribution >= 0.6 is 0 Å². The molecular weight excluding hydrogens is 248 g/mol. The van der Waals surface area contributed by atoms with Gasteiger partial charge in [-0.1, -0.05) is 6.92 Å². The lowest BCUT2D eigenvalue weighted by atomic mass is 10.3. The first-order valence-electron chi connectivity index (χ1n) is 6.19. The van der Waals surface area contributed by atoms with E-state index in [1.165, 1.54) is 6.07 Å². The molecular formula is C12H20N4O3. The monoisotopic (exact) mass is 268 g/mol. The van der Waals surface area contributed by atoms with Gasteiger partial charge in [-0.2, -0.15) is 0 Å². The van der Waals surface area contributed by atoms with Crippen LogP contribution in [0, 0.1) is 10.1 Å². The van der Waals surface area contributed by atoms with Gasteiger partial charge in [-0.25, -0.2) is 4.98 Å². The summed E-state index contributed by atoms with van der Waals surface area (Å²) >= 11 is 0. The van der Waals surface area contributed by atoms with Gasteiger partial charge in [0.15, 0.2) is 0 Å². The van der Waals surface area contributed by atoms with Crippen LogP contribution < -0.4 is 10.2 Å². The molecule has 0 aliphatic heterocycles. The Hall–Kier alpha value is -1.89. The fourth-order valence-electron chi connectivity index (χ4n) is 1.55. The summed E-state index contributed by atoms with van der Waals surface area (Å²) in [6.45, 7) is 3.86. The highest BCUT2D eigenvalue weighted by molar-refractivity contribution is 5.61. The molecule has 0 aliphatic rings. The highest BCUT2D eigenvalue weighted by atomic mass is 16.6. The summed E-state index contributed by atoms with van der Waals surface area (Å²) in [5, 5.41) is 14.1. The van der Waals surface area contributed by atoms with Gasteiger partial charge >= 0.3 is 5.69 Å². The number of pyridine rings is 1. The first-order valence-corrected chi connectivity index (χ1v) is 6.19. The zero-order valence-corrected chi connectivity index (χ0v) is 11.5. The summed E-state index contributed by atoms with van der Waals surface area (Å²) in [6.07, 6.45) is 0.966. The van der Waals surface area contributed by atoms with Gasteiger partial charge in [-0.15, -0.1) is 0 Å². The van der Waals surface area contributed by atoms with E-state index in [0.29, 0.717) is 24.8 Å². The smallest absolute Gasteiger partial charge is 0.311 e. The van der Waals surface area contributed by atoms with Crippen LogP contribution in [-0.4, -0.2) is 43.8 Å². The molecule has 0 saturated heterocycles. The molecule has 7 nitrogen and oxygen atoms in total. The predicted molar refractivity (Wildman–Crippen MR) is 74.8 cm³/mol. The van der Waals surface area contributed by atoms with Crippen LogP contribution in [0.4, 0.5) is 17.3 Å². The van der Waals surface area contributed by atoms with Crippen molar-refractivity contribution >= 4 is 17.3 Å². The standard InChI is InChI=1S/C12H20N4O3/c1-4-7-13-11-6-5-10(16(17)18)12(14-11)15(2)8-9-19-3/h5-6H,4,7-9H2,1-3H3,(H,13,14). The second kappa shape index (κ2) is 7.52. The molecule has 1 aromatic heterocycles. The molecule has 1 aromatic rings. The average molecular weight is 268 g/mol. The highest BCUT2D eigenvalue weighted by Crippen LogP contribution is 2.26. The number of nitro groups is 1. The minimum absolute atomic E-state index is 0.000603. The summed E-state index contributed by atoms with van der Waals surface area (Å²) in [7, 11) is 3.35. The lowest BCUT2D eigenvalue weighted by molar-refractivity contribution is -0.384. The third-order valence-corrected chi connectivity index (χ3v) is 2.60. The van der Waals surface area contributed by atoms with Crippen molar-refractivity contribution in [2.24, 2.45) is 0 Å². The van der Waals surface area contributed by atoms with Gasteiger partial charge in [0.25, 0.3) is 0 Å². The van der Waals surface area contributed by atoms with Crippen LogP contribution in [-0.2, 0) is 4.74 Å². The molecule has 1 heterocycles. The maximum atomic E-state index is 11.0. The van der Waals surface area contributed by atoms with Crippen molar-refractivity contribution in [3.8, 4) is 0 Å². The van der Waals surface area contributed by atoms with Gasteiger partial charge in [-0.05, 0) is 12.5 Å². The van der Waals surface area contributed by atoms with E-state index in [2.05, 4.69) is 10.3 Å². The molecule has 0 aliphatic carbocycles. The summed E-state index contributed by atoms with van der Waals surface area (Å²) < 4.78 is 4.97. The maximum absolute atomic E-state index is 11.0. The number of rotatable bonds is 8. The average Bonchev–Trinajstić information content (AvgIpc) is 2.41. The van der Waals surface area contributed by atoms with Crippen LogP contribution in [0.2, 0.25) is 0 Å². The third kappa shape index (κ3) is 4.36. The Balaban J connectivity index is 2.97. The number of methoxy groups -OCH3 is 1. The van der Waals surface area contributed by atoms with Crippen molar-refractivity contribution in [2.45, 2.75) is 13.3 Å². The number of hydrogen-bond donors (Lipinski definition) is 1. The topological polar surface area (TPSA) is 80.5 Å². The summed E-state index contributed by atoms with van der Waals surface area (Å²) in [6, 6.07) is 3.10. The molecule has 0 unspecified atom stereocenters. The molecule has 7 heteroatoms. The van der Waals surface area contributed by atoms with E-state index in [-0.39, 0.29) is 5.69 Å². The van der Waals surface area contributed by atoms with Gasteiger partial charge in [0.2, 0.25) is 5.82 Å². The van der Waals surface area contributed by atoms with Crippen molar-refractivity contribution in [1.29, 1.82) is 0 Å². The summed E-state index contributed by atoms with van der Waals surface area (Å²) in [4.78, 5) is 16.6. The van der Waals surface area contributed by atoms with Gasteiger partial charge in [0, 0.05) is 33.3 Å². The molecule has 0 saturated carbocycles. The third-order valence-electron chi connectivity index (χ3n) is 2.60. The molecule has 106 valence electrons. The van der Waals surface area contributed by atoms with Crippen LogP contribution in [0.3, 0.4) is 0 Å². The van der Waals surface area contributed by atoms with Gasteiger partial charge in [-0.3, -0.25) is 10.1 Å². The van der Waals surface area contributed by atoms with Gasteiger partial charge in [0.1, 0.15) is 5.82 Å². The van der Waals surface area contributed by atoms with E-state index in [1.54, 1.807) is 25.1 Å². The van der Waals surface area contributed by atoms with Gasteiger partial charge in [0.05, 0.1) is 11.5 Å². The fraction of sp³-hybridized carbons (Fsp3) is 0.583. The van der Waals surface area contributed by atoms with Crippen LogP contribution in [0.15, 0.2) is 12.1 Å². The molecule has 1 rings (SSSR count). The molecule has 0 spiro atoms. The van der Waals surface area contributed by atoms with E-state index < -0.39 is 4.92 Å². The summed E-state index contributed by atoms with van der Waals surface area (Å²) in [5.41, 5.74) is 0.000603. The largest absolute Gasteiger partial charge is 0.383 e. The van der Waals surface area contributed by atoms with Crippen LogP contribution in [0.1, 0.15) is 13.3 Å². The van der Waals surface area contributed by atoms with Gasteiger partial charge < -0.3 is 15.0 Å². The summed E-state index contributed by atoms with van der Waals surface area (Å²) in [5.74, 6) is 0.995. The second-order valence-electron chi connectivity index (χ2n) is 4.14. The number of likely N-dealkylation sites (N-methyl/N-ethyl adjacent to an activating group) is 1. The van der Waals surface area contributed by atoms with Crippen molar-refractivity contribution in [3.05, 3.63) is 22.2 Å².